The van der Waals surface area contributed by atoms with Crippen molar-refractivity contribution in [2.24, 2.45) is 16.6 Å². The summed E-state index contributed by atoms with van der Waals surface area (Å²) in [5.74, 6) is -1.64. The molecule has 0 fully saturated rings. The minimum atomic E-state index is -3.94. The predicted octanol–water partition coefficient (Wildman–Crippen LogP) is 4.51. The number of sulfonamides is 1. The Hall–Kier alpha value is -2.81. The fourth-order valence-electron chi connectivity index (χ4n) is 4.90. The Morgan fingerprint density at radius 2 is 1.89 bits per heavy atom. The first-order valence-electron chi connectivity index (χ1n) is 12.2. The average molecular weight is 546 g/mol. The SMILES string of the molecule is CCOP1(=O)N=C(C2C(=O)c3ccccc3C(C)(CCC(C)C)C2=O)Nc2ccc(NS(C)(=O)=O)cc21. The van der Waals surface area contributed by atoms with E-state index in [0.717, 1.165) is 12.7 Å². The first-order valence-corrected chi connectivity index (χ1v) is 15.7. The number of rotatable bonds is 8. The van der Waals surface area contributed by atoms with Crippen molar-refractivity contribution in [3.05, 3.63) is 53.6 Å². The third kappa shape index (κ3) is 5.15. The summed E-state index contributed by atoms with van der Waals surface area (Å²) in [7, 11) is -7.52. The van der Waals surface area contributed by atoms with Crippen LogP contribution in [0.1, 0.15) is 56.5 Å². The van der Waals surface area contributed by atoms with Crippen LogP contribution < -0.4 is 15.3 Å². The van der Waals surface area contributed by atoms with Gasteiger partial charge in [-0.25, -0.2) is 8.42 Å². The summed E-state index contributed by atoms with van der Waals surface area (Å²) < 4.78 is 49.8. The van der Waals surface area contributed by atoms with E-state index in [4.69, 9.17) is 4.52 Å². The normalized spacial score (nSPS) is 25.2. The number of anilines is 2. The van der Waals surface area contributed by atoms with Gasteiger partial charge in [-0.3, -0.25) is 18.9 Å². The van der Waals surface area contributed by atoms with Crippen molar-refractivity contribution in [3.8, 4) is 0 Å². The van der Waals surface area contributed by atoms with Crippen molar-refractivity contribution in [2.45, 2.75) is 46.0 Å². The minimum Gasteiger partial charge on any atom is -0.342 e. The molecule has 37 heavy (non-hydrogen) atoms. The quantitative estimate of drug-likeness (QED) is 0.369. The number of carbonyl (C=O) groups excluding carboxylic acids is 2. The van der Waals surface area contributed by atoms with Crippen LogP contribution in [0.25, 0.3) is 0 Å². The van der Waals surface area contributed by atoms with Gasteiger partial charge < -0.3 is 9.84 Å². The van der Waals surface area contributed by atoms with Crippen LogP contribution in [0.3, 0.4) is 0 Å². The molecule has 0 radical (unpaired) electrons. The van der Waals surface area contributed by atoms with Crippen LogP contribution in [0.15, 0.2) is 47.2 Å². The lowest BCUT2D eigenvalue weighted by Crippen LogP contribution is -2.51. The topological polar surface area (TPSA) is 131 Å². The van der Waals surface area contributed by atoms with E-state index in [0.29, 0.717) is 29.2 Å². The molecule has 1 aliphatic heterocycles. The lowest BCUT2D eigenvalue weighted by atomic mass is 9.63. The lowest BCUT2D eigenvalue weighted by Gasteiger charge is -2.39. The fourth-order valence-corrected chi connectivity index (χ4v) is 7.30. The predicted molar refractivity (Wildman–Crippen MR) is 146 cm³/mol. The van der Waals surface area contributed by atoms with Gasteiger partial charge in [0, 0.05) is 11.3 Å². The van der Waals surface area contributed by atoms with Gasteiger partial charge in [-0.15, -0.1) is 0 Å². The fraction of sp³-hybridized carbons (Fsp3) is 0.423. The Balaban J connectivity index is 1.83. The number of nitrogens with one attached hydrogen (secondary N) is 2. The van der Waals surface area contributed by atoms with Crippen LogP contribution in [0, 0.1) is 11.8 Å². The zero-order valence-corrected chi connectivity index (χ0v) is 23.3. The smallest absolute Gasteiger partial charge is 0.342 e. The van der Waals surface area contributed by atoms with E-state index < -0.39 is 34.7 Å². The number of benzene rings is 2. The van der Waals surface area contributed by atoms with Crippen LogP contribution in [0.4, 0.5) is 11.4 Å². The summed E-state index contributed by atoms with van der Waals surface area (Å²) in [6.45, 7) is 7.74. The number of Topliss-reactive ketones (excluding diaryl/α,β-unsaturated/α-hetero) is 2. The lowest BCUT2D eigenvalue weighted by molar-refractivity contribution is -0.125. The Morgan fingerprint density at radius 3 is 2.54 bits per heavy atom. The summed E-state index contributed by atoms with van der Waals surface area (Å²) in [5, 5.41) is 3.20. The van der Waals surface area contributed by atoms with Crippen LogP contribution in [-0.4, -0.2) is 38.7 Å². The number of ketones is 2. The number of nitrogens with zero attached hydrogens (tertiary/aromatic N) is 1. The molecular weight excluding hydrogens is 513 g/mol. The molecule has 0 saturated carbocycles. The highest BCUT2D eigenvalue weighted by atomic mass is 32.2. The van der Waals surface area contributed by atoms with Crippen molar-refractivity contribution in [3.63, 3.8) is 0 Å². The molecule has 0 amide bonds. The van der Waals surface area contributed by atoms with Gasteiger partial charge in [0.25, 0.3) is 0 Å². The molecule has 0 spiro atoms. The molecule has 1 heterocycles. The van der Waals surface area contributed by atoms with Crippen molar-refractivity contribution in [1.29, 1.82) is 0 Å². The van der Waals surface area contributed by atoms with Crippen molar-refractivity contribution in [1.82, 2.24) is 0 Å². The maximum absolute atomic E-state index is 14.1. The maximum Gasteiger partial charge on any atom is 0.348 e. The minimum absolute atomic E-state index is 0.0200. The monoisotopic (exact) mass is 545 g/mol. The molecule has 11 heteroatoms. The van der Waals surface area contributed by atoms with E-state index in [1.807, 2.05) is 19.1 Å². The highest BCUT2D eigenvalue weighted by Crippen LogP contribution is 2.53. The van der Waals surface area contributed by atoms with E-state index in [-0.39, 0.29) is 29.2 Å². The Bertz CT molecular complexity index is 1450. The van der Waals surface area contributed by atoms with Gasteiger partial charge in [0.2, 0.25) is 10.0 Å². The van der Waals surface area contributed by atoms with Gasteiger partial charge in [0.05, 0.1) is 29.3 Å². The Kier molecular flexibility index (Phi) is 7.22. The number of fused-ring (bicyclic) bond motifs is 2. The molecule has 2 aromatic carbocycles. The second kappa shape index (κ2) is 9.82. The zero-order valence-electron chi connectivity index (χ0n) is 21.6. The van der Waals surface area contributed by atoms with Crippen LogP contribution in [-0.2, 0) is 29.3 Å². The van der Waals surface area contributed by atoms with Crippen LogP contribution >= 0.6 is 7.52 Å². The van der Waals surface area contributed by atoms with E-state index in [9.17, 15) is 22.6 Å². The molecule has 1 aliphatic carbocycles. The van der Waals surface area contributed by atoms with Crippen molar-refractivity contribution < 1.29 is 27.1 Å². The summed E-state index contributed by atoms with van der Waals surface area (Å²) in [6, 6.07) is 11.6. The summed E-state index contributed by atoms with van der Waals surface area (Å²) in [4.78, 5) is 27.8. The summed E-state index contributed by atoms with van der Waals surface area (Å²) in [5.41, 5.74) is 0.754. The molecule has 4 rings (SSSR count). The molecule has 0 saturated heterocycles. The molecule has 2 aliphatic rings. The number of carbonyl (C=O) groups is 2. The van der Waals surface area contributed by atoms with Gasteiger partial charge in [-0.2, -0.15) is 4.76 Å². The highest BCUT2D eigenvalue weighted by molar-refractivity contribution is 7.92. The first kappa shape index (κ1) is 27.2. The van der Waals surface area contributed by atoms with Crippen LogP contribution in [0.2, 0.25) is 0 Å². The third-order valence-electron chi connectivity index (χ3n) is 6.76. The largest absolute Gasteiger partial charge is 0.348 e. The van der Waals surface area contributed by atoms with Gasteiger partial charge in [0.1, 0.15) is 11.8 Å². The Labute approximate surface area is 217 Å². The maximum atomic E-state index is 14.1. The number of amidine groups is 1. The third-order valence-corrected chi connectivity index (χ3v) is 9.43. The molecule has 3 atom stereocenters. The van der Waals surface area contributed by atoms with Crippen molar-refractivity contribution in [2.75, 3.05) is 22.9 Å². The highest BCUT2D eigenvalue weighted by Gasteiger charge is 2.52. The molecule has 3 unspecified atom stereocenters. The average Bonchev–Trinajstić information content (AvgIpc) is 2.81. The molecule has 2 aromatic rings. The second-order valence-corrected chi connectivity index (χ2v) is 13.9. The second-order valence-electron chi connectivity index (χ2n) is 10.1. The molecule has 198 valence electrons. The van der Waals surface area contributed by atoms with E-state index in [1.54, 1.807) is 19.1 Å². The van der Waals surface area contributed by atoms with Crippen molar-refractivity contribution >= 4 is 51.6 Å². The van der Waals surface area contributed by atoms with E-state index in [2.05, 4.69) is 28.6 Å². The van der Waals surface area contributed by atoms with Gasteiger partial charge >= 0.3 is 7.52 Å². The van der Waals surface area contributed by atoms with Gasteiger partial charge in [-0.05, 0) is 56.4 Å². The molecule has 2 N–H and O–H groups in total. The standard InChI is InChI=1S/C26H32N3O6PS/c1-6-35-36(32)21-15-17(29-37(5,33)34)11-12-20(21)27-25(28-36)22-23(30)18-9-7-8-10-19(18)26(4,24(22)31)14-13-16(2)3/h7-12,15-16,22,29H,6,13-14H2,1-5H3,(H,27,28,32). The van der Waals surface area contributed by atoms with Crippen LogP contribution in [0.5, 0.6) is 0 Å². The zero-order chi connectivity index (χ0) is 27.2. The number of hydrogen-bond donors (Lipinski definition) is 2. The molecule has 0 aromatic heterocycles. The summed E-state index contributed by atoms with van der Waals surface area (Å²) >= 11 is 0. The number of hydrogen-bond acceptors (Lipinski definition) is 7. The molecular formula is C26H32N3O6PS. The van der Waals surface area contributed by atoms with Gasteiger partial charge in [-0.1, -0.05) is 38.1 Å². The molecule has 0 bridgehead atoms. The first-order chi connectivity index (χ1) is 17.3. The molecule has 9 nitrogen and oxygen atoms in total. The summed E-state index contributed by atoms with van der Waals surface area (Å²) in [6.07, 6.45) is 2.35. The van der Waals surface area contributed by atoms with E-state index >= 15 is 0 Å². The Morgan fingerprint density at radius 1 is 1.19 bits per heavy atom. The van der Waals surface area contributed by atoms with E-state index in [1.165, 1.54) is 18.2 Å². The van der Waals surface area contributed by atoms with Gasteiger partial charge in [0.15, 0.2) is 11.6 Å².